The second-order valence-corrected chi connectivity index (χ2v) is 5.39. The summed E-state index contributed by atoms with van der Waals surface area (Å²) in [6.07, 6.45) is 2.36. The molecular formula is C16H23ClN4O. The van der Waals surface area contributed by atoms with E-state index in [-0.39, 0.29) is 12.4 Å². The van der Waals surface area contributed by atoms with Gasteiger partial charge in [0.2, 0.25) is 0 Å². The number of benzene rings is 1. The van der Waals surface area contributed by atoms with Crippen molar-refractivity contribution in [2.45, 2.75) is 25.8 Å². The number of anilines is 1. The van der Waals surface area contributed by atoms with E-state index >= 15 is 0 Å². The van der Waals surface area contributed by atoms with Gasteiger partial charge < -0.3 is 15.0 Å². The number of hydrogen-bond donors (Lipinski definition) is 1. The molecule has 1 aromatic heterocycles. The molecule has 1 unspecified atom stereocenters. The van der Waals surface area contributed by atoms with E-state index in [9.17, 15) is 0 Å². The standard InChI is InChI=1S/C16H22N4O.ClH/c1-3-21-16-15(20(2)12-7-6-10-17-11-12)18-13-8-4-5-9-14(13)19-16;/h4-5,8-9,12,17H,3,6-7,10-11H2,1-2H3;1H. The molecule has 3 rings (SSSR count). The van der Waals surface area contributed by atoms with Gasteiger partial charge in [-0.1, -0.05) is 12.1 Å². The summed E-state index contributed by atoms with van der Waals surface area (Å²) in [5, 5.41) is 3.44. The molecule has 1 atom stereocenters. The van der Waals surface area contributed by atoms with Crippen molar-refractivity contribution in [3.8, 4) is 5.88 Å². The van der Waals surface area contributed by atoms with E-state index in [1.165, 1.54) is 12.8 Å². The highest BCUT2D eigenvalue weighted by Gasteiger charge is 2.23. The van der Waals surface area contributed by atoms with Crippen LogP contribution in [0, 0.1) is 0 Å². The minimum absolute atomic E-state index is 0. The molecule has 1 aliphatic heterocycles. The first-order valence-electron chi connectivity index (χ1n) is 7.62. The molecule has 6 heteroatoms. The number of aromatic nitrogens is 2. The Morgan fingerprint density at radius 3 is 2.64 bits per heavy atom. The molecule has 1 fully saturated rings. The van der Waals surface area contributed by atoms with Crippen molar-refractivity contribution in [3.63, 3.8) is 0 Å². The number of nitrogens with zero attached hydrogens (tertiary/aromatic N) is 3. The monoisotopic (exact) mass is 322 g/mol. The molecule has 0 aliphatic carbocycles. The summed E-state index contributed by atoms with van der Waals surface area (Å²) >= 11 is 0. The van der Waals surface area contributed by atoms with E-state index in [1.54, 1.807) is 0 Å². The highest BCUT2D eigenvalue weighted by atomic mass is 35.5. The summed E-state index contributed by atoms with van der Waals surface area (Å²) < 4.78 is 5.72. The highest BCUT2D eigenvalue weighted by Crippen LogP contribution is 2.28. The number of likely N-dealkylation sites (N-methyl/N-ethyl adjacent to an activating group) is 1. The molecule has 120 valence electrons. The lowest BCUT2D eigenvalue weighted by molar-refractivity contribution is 0.325. The van der Waals surface area contributed by atoms with E-state index in [0.29, 0.717) is 18.5 Å². The van der Waals surface area contributed by atoms with Crippen molar-refractivity contribution >= 4 is 29.3 Å². The zero-order valence-electron chi connectivity index (χ0n) is 13.1. The van der Waals surface area contributed by atoms with Crippen molar-refractivity contribution < 1.29 is 4.74 Å². The molecule has 2 aromatic rings. The number of rotatable bonds is 4. The Kier molecular flexibility index (Phi) is 5.80. The lowest BCUT2D eigenvalue weighted by Crippen LogP contribution is -2.44. The fraction of sp³-hybridized carbons (Fsp3) is 0.500. The number of ether oxygens (including phenoxy) is 1. The van der Waals surface area contributed by atoms with E-state index in [0.717, 1.165) is 29.9 Å². The average Bonchev–Trinajstić information content (AvgIpc) is 2.55. The van der Waals surface area contributed by atoms with Crippen molar-refractivity contribution in [2.75, 3.05) is 31.6 Å². The Bertz CT molecular complexity index is 616. The first kappa shape index (κ1) is 16.8. The maximum Gasteiger partial charge on any atom is 0.258 e. The number of nitrogens with one attached hydrogen (secondary N) is 1. The molecule has 2 heterocycles. The van der Waals surface area contributed by atoms with E-state index < -0.39 is 0 Å². The summed E-state index contributed by atoms with van der Waals surface area (Å²) in [4.78, 5) is 11.6. The van der Waals surface area contributed by atoms with Crippen LogP contribution in [0.2, 0.25) is 0 Å². The Morgan fingerprint density at radius 1 is 1.27 bits per heavy atom. The zero-order valence-corrected chi connectivity index (χ0v) is 13.9. The third-order valence-corrected chi connectivity index (χ3v) is 3.96. The van der Waals surface area contributed by atoms with Gasteiger partial charge in [0.25, 0.3) is 5.88 Å². The van der Waals surface area contributed by atoms with Crippen LogP contribution in [0.3, 0.4) is 0 Å². The van der Waals surface area contributed by atoms with Crippen LogP contribution in [0.4, 0.5) is 5.82 Å². The number of fused-ring (bicyclic) bond motifs is 1. The van der Waals surface area contributed by atoms with Crippen LogP contribution in [0.1, 0.15) is 19.8 Å². The van der Waals surface area contributed by atoms with E-state index in [2.05, 4.69) is 22.2 Å². The van der Waals surface area contributed by atoms with Crippen LogP contribution in [-0.4, -0.2) is 42.8 Å². The summed E-state index contributed by atoms with van der Waals surface area (Å²) in [5.41, 5.74) is 1.78. The Labute approximate surface area is 137 Å². The zero-order chi connectivity index (χ0) is 14.7. The van der Waals surface area contributed by atoms with E-state index in [4.69, 9.17) is 9.72 Å². The molecule has 1 aliphatic rings. The van der Waals surface area contributed by atoms with Crippen LogP contribution in [0.25, 0.3) is 11.0 Å². The average molecular weight is 323 g/mol. The predicted molar refractivity (Wildman–Crippen MR) is 92.2 cm³/mol. The Hall–Kier alpha value is -1.59. The third-order valence-electron chi connectivity index (χ3n) is 3.96. The van der Waals surface area contributed by atoms with Gasteiger partial charge in [0.1, 0.15) is 0 Å². The van der Waals surface area contributed by atoms with Gasteiger partial charge in [0.05, 0.1) is 17.6 Å². The molecule has 1 aromatic carbocycles. The fourth-order valence-corrected chi connectivity index (χ4v) is 2.77. The molecule has 0 spiro atoms. The molecule has 0 bridgehead atoms. The molecule has 0 radical (unpaired) electrons. The molecule has 0 saturated carbocycles. The molecule has 5 nitrogen and oxygen atoms in total. The van der Waals surface area contributed by atoms with Gasteiger partial charge in [-0.3, -0.25) is 0 Å². The van der Waals surface area contributed by atoms with Gasteiger partial charge in [-0.2, -0.15) is 0 Å². The largest absolute Gasteiger partial charge is 0.475 e. The van der Waals surface area contributed by atoms with Gasteiger partial charge in [0.15, 0.2) is 5.82 Å². The van der Waals surface area contributed by atoms with Crippen LogP contribution < -0.4 is 15.0 Å². The lowest BCUT2D eigenvalue weighted by atomic mass is 10.1. The van der Waals surface area contributed by atoms with Crippen molar-refractivity contribution in [2.24, 2.45) is 0 Å². The van der Waals surface area contributed by atoms with Gasteiger partial charge in [-0.25, -0.2) is 9.97 Å². The summed E-state index contributed by atoms with van der Waals surface area (Å²) in [6.45, 7) is 4.65. The second kappa shape index (κ2) is 7.61. The van der Waals surface area contributed by atoms with Crippen LogP contribution in [0.5, 0.6) is 5.88 Å². The van der Waals surface area contributed by atoms with E-state index in [1.807, 2.05) is 31.2 Å². The molecular weight excluding hydrogens is 300 g/mol. The second-order valence-electron chi connectivity index (χ2n) is 5.39. The summed E-state index contributed by atoms with van der Waals surface area (Å²) in [6, 6.07) is 8.36. The smallest absolute Gasteiger partial charge is 0.258 e. The van der Waals surface area contributed by atoms with Crippen molar-refractivity contribution in [1.82, 2.24) is 15.3 Å². The highest BCUT2D eigenvalue weighted by molar-refractivity contribution is 5.85. The first-order valence-corrected chi connectivity index (χ1v) is 7.62. The topological polar surface area (TPSA) is 50.3 Å². The minimum Gasteiger partial charge on any atom is -0.475 e. The van der Waals surface area contributed by atoms with Gasteiger partial charge in [0, 0.05) is 19.6 Å². The van der Waals surface area contributed by atoms with Crippen molar-refractivity contribution in [1.29, 1.82) is 0 Å². The van der Waals surface area contributed by atoms with Crippen molar-refractivity contribution in [3.05, 3.63) is 24.3 Å². The Morgan fingerprint density at radius 2 is 2.00 bits per heavy atom. The first-order chi connectivity index (χ1) is 10.3. The minimum atomic E-state index is 0. The normalized spacial score (nSPS) is 17.8. The SMILES string of the molecule is CCOc1nc2ccccc2nc1N(C)C1CCCNC1.Cl. The van der Waals surface area contributed by atoms with Gasteiger partial charge >= 0.3 is 0 Å². The molecule has 0 amide bonds. The number of hydrogen-bond acceptors (Lipinski definition) is 5. The number of piperidine rings is 1. The number of para-hydroxylation sites is 2. The maximum absolute atomic E-state index is 5.72. The quantitative estimate of drug-likeness (QED) is 0.937. The third kappa shape index (κ3) is 3.42. The summed E-state index contributed by atoms with van der Waals surface area (Å²) in [7, 11) is 2.08. The molecule has 1 saturated heterocycles. The number of halogens is 1. The lowest BCUT2D eigenvalue weighted by Gasteiger charge is -2.33. The van der Waals surface area contributed by atoms with Crippen LogP contribution in [-0.2, 0) is 0 Å². The van der Waals surface area contributed by atoms with Crippen LogP contribution in [0.15, 0.2) is 24.3 Å². The van der Waals surface area contributed by atoms with Gasteiger partial charge in [-0.05, 0) is 38.4 Å². The predicted octanol–water partition coefficient (Wildman–Crippen LogP) is 2.64. The molecule has 22 heavy (non-hydrogen) atoms. The van der Waals surface area contributed by atoms with Gasteiger partial charge in [-0.15, -0.1) is 12.4 Å². The Balaban J connectivity index is 0.00000176. The maximum atomic E-state index is 5.72. The van der Waals surface area contributed by atoms with Crippen LogP contribution >= 0.6 is 12.4 Å². The summed E-state index contributed by atoms with van der Waals surface area (Å²) in [5.74, 6) is 1.47. The molecule has 1 N–H and O–H groups in total. The fourth-order valence-electron chi connectivity index (χ4n) is 2.77.